The highest BCUT2D eigenvalue weighted by Gasteiger charge is 2.45. The zero-order valence-corrected chi connectivity index (χ0v) is 16.5. The molecule has 1 aliphatic heterocycles. The number of aliphatic hydroxyl groups is 3. The fraction of sp³-hybridized carbons (Fsp3) is 0.294. The van der Waals surface area contributed by atoms with Crippen molar-refractivity contribution in [1.29, 1.82) is 0 Å². The van der Waals surface area contributed by atoms with Crippen molar-refractivity contribution >= 4 is 45.1 Å². The topological polar surface area (TPSA) is 164 Å². The van der Waals surface area contributed by atoms with E-state index < -0.39 is 31.1 Å². The molecule has 1 aliphatic rings. The molecule has 1 saturated heterocycles. The number of aliphatic hydroxyl groups excluding tert-OH is 3. The number of hydrogen-bond donors (Lipinski definition) is 5. The van der Waals surface area contributed by atoms with Crippen LogP contribution in [0, 0.1) is 0 Å². The summed E-state index contributed by atoms with van der Waals surface area (Å²) in [7, 11) is 0. The van der Waals surface area contributed by atoms with Crippen molar-refractivity contribution in [2.24, 2.45) is 5.10 Å². The number of benzene rings is 1. The Balaban J connectivity index is 1.71. The molecule has 0 amide bonds. The molecule has 0 spiro atoms. The van der Waals surface area contributed by atoms with E-state index in [2.05, 4.69) is 41.4 Å². The molecule has 3 aromatic rings. The molecule has 0 unspecified atom stereocenters. The van der Waals surface area contributed by atoms with Gasteiger partial charge < -0.3 is 25.8 Å². The summed E-state index contributed by atoms with van der Waals surface area (Å²) >= 11 is 3.37. The third-order valence-electron chi connectivity index (χ3n) is 4.53. The zero-order valence-electron chi connectivity index (χ0n) is 14.9. The zero-order chi connectivity index (χ0) is 20.5. The Morgan fingerprint density at radius 2 is 2.00 bits per heavy atom. The van der Waals surface area contributed by atoms with Gasteiger partial charge in [-0.2, -0.15) is 5.10 Å². The highest BCUT2D eigenvalue weighted by atomic mass is 79.9. The van der Waals surface area contributed by atoms with E-state index in [4.69, 9.17) is 10.5 Å². The first-order valence-electron chi connectivity index (χ1n) is 8.65. The van der Waals surface area contributed by atoms with Crippen LogP contribution in [-0.2, 0) is 4.74 Å². The fourth-order valence-electron chi connectivity index (χ4n) is 3.05. The van der Waals surface area contributed by atoms with Crippen molar-refractivity contribution in [3.8, 4) is 0 Å². The van der Waals surface area contributed by atoms with Gasteiger partial charge in [0.15, 0.2) is 23.2 Å². The van der Waals surface area contributed by atoms with Crippen LogP contribution in [0.1, 0.15) is 11.8 Å². The molecule has 6 N–H and O–H groups in total. The number of nitrogens with zero attached hydrogens (tertiary/aromatic N) is 5. The van der Waals surface area contributed by atoms with Gasteiger partial charge in [0, 0.05) is 4.47 Å². The monoisotopic (exact) mass is 463 g/mol. The normalized spacial score (nSPS) is 24.6. The van der Waals surface area contributed by atoms with Crippen LogP contribution in [0.2, 0.25) is 0 Å². The lowest BCUT2D eigenvalue weighted by Gasteiger charge is -2.18. The van der Waals surface area contributed by atoms with Gasteiger partial charge in [-0.05, 0) is 17.7 Å². The van der Waals surface area contributed by atoms with Gasteiger partial charge in [0.05, 0.1) is 12.8 Å². The number of imidazole rings is 1. The second-order valence-electron chi connectivity index (χ2n) is 6.39. The Morgan fingerprint density at radius 1 is 1.24 bits per heavy atom. The molecule has 4 rings (SSSR count). The molecule has 0 radical (unpaired) electrons. The van der Waals surface area contributed by atoms with Gasteiger partial charge in [-0.3, -0.25) is 4.57 Å². The first-order valence-corrected chi connectivity index (χ1v) is 9.44. The number of rotatable bonds is 5. The molecule has 1 fully saturated rings. The van der Waals surface area contributed by atoms with E-state index in [1.807, 2.05) is 24.3 Å². The van der Waals surface area contributed by atoms with E-state index in [0.29, 0.717) is 0 Å². The van der Waals surface area contributed by atoms with Crippen LogP contribution in [0.25, 0.3) is 11.2 Å². The first-order chi connectivity index (χ1) is 14.0. The Bertz CT molecular complexity index is 1040. The van der Waals surface area contributed by atoms with E-state index in [1.54, 1.807) is 6.21 Å². The predicted molar refractivity (Wildman–Crippen MR) is 108 cm³/mol. The van der Waals surface area contributed by atoms with Gasteiger partial charge >= 0.3 is 0 Å². The molecule has 1 aromatic carbocycles. The molecule has 0 saturated carbocycles. The minimum absolute atomic E-state index is 0.139. The smallest absolute Gasteiger partial charge is 0.228 e. The standard InChI is InChI=1S/C17H18BrN7O4/c18-9-3-1-8(2-4-9)5-22-24-17-23-11-14(19)20-7-21-15(11)25(17)16-13(28)12(27)10(6-26)29-16/h1-5,7,10,12-13,16,26-28H,6H2,(H,23,24)(H2,19,20,21)/b22-5-/t10-,12+,13-,16-/m0/s1. The lowest BCUT2D eigenvalue weighted by atomic mass is 10.1. The Kier molecular flexibility index (Phi) is 5.43. The van der Waals surface area contributed by atoms with E-state index in [1.165, 1.54) is 10.9 Å². The Labute approximate surface area is 173 Å². The summed E-state index contributed by atoms with van der Waals surface area (Å²) in [6.07, 6.45) is -1.77. The van der Waals surface area contributed by atoms with Crippen molar-refractivity contribution in [2.75, 3.05) is 17.8 Å². The number of nitrogen functional groups attached to an aromatic ring is 1. The van der Waals surface area contributed by atoms with Crippen LogP contribution in [-0.4, -0.2) is 66.0 Å². The maximum absolute atomic E-state index is 10.4. The van der Waals surface area contributed by atoms with Crippen molar-refractivity contribution in [2.45, 2.75) is 24.5 Å². The number of hydrogen-bond acceptors (Lipinski definition) is 10. The van der Waals surface area contributed by atoms with Crippen molar-refractivity contribution < 1.29 is 20.1 Å². The summed E-state index contributed by atoms with van der Waals surface area (Å²) in [6.45, 7) is -0.455. The molecule has 0 bridgehead atoms. The molecule has 152 valence electrons. The van der Waals surface area contributed by atoms with Crippen LogP contribution >= 0.6 is 15.9 Å². The molecular weight excluding hydrogens is 446 g/mol. The van der Waals surface area contributed by atoms with Gasteiger partial charge in [-0.15, -0.1) is 0 Å². The van der Waals surface area contributed by atoms with Crippen molar-refractivity contribution in [3.63, 3.8) is 0 Å². The summed E-state index contributed by atoms with van der Waals surface area (Å²) in [5.41, 5.74) is 10.1. The fourth-order valence-corrected chi connectivity index (χ4v) is 3.32. The molecule has 4 atom stereocenters. The third kappa shape index (κ3) is 3.68. The molecule has 3 heterocycles. The highest BCUT2D eigenvalue weighted by Crippen LogP contribution is 2.35. The number of nitrogens with one attached hydrogen (secondary N) is 1. The molecule has 29 heavy (non-hydrogen) atoms. The number of nitrogens with two attached hydrogens (primary N) is 1. The van der Waals surface area contributed by atoms with Gasteiger partial charge in [-0.1, -0.05) is 28.1 Å². The lowest BCUT2D eigenvalue weighted by molar-refractivity contribution is -0.0501. The quantitative estimate of drug-likeness (QED) is 0.263. The number of anilines is 2. The average molecular weight is 464 g/mol. The van der Waals surface area contributed by atoms with E-state index in [0.717, 1.165) is 10.0 Å². The van der Waals surface area contributed by atoms with Crippen LogP contribution < -0.4 is 11.2 Å². The van der Waals surface area contributed by atoms with Crippen molar-refractivity contribution in [1.82, 2.24) is 19.5 Å². The SMILES string of the molecule is Nc1ncnc2c1nc(N/N=C\c1ccc(Br)cc1)n2[C@H]1O[C@@H](CO)[C@@H](O)[C@@H]1O. The average Bonchev–Trinajstić information content (AvgIpc) is 3.22. The number of halogens is 1. The van der Waals surface area contributed by atoms with E-state index >= 15 is 0 Å². The number of fused-ring (bicyclic) bond motifs is 1. The van der Waals surface area contributed by atoms with Gasteiger partial charge in [-0.25, -0.2) is 20.4 Å². The largest absolute Gasteiger partial charge is 0.394 e. The summed E-state index contributed by atoms with van der Waals surface area (Å²) in [5, 5.41) is 34.1. The second-order valence-corrected chi connectivity index (χ2v) is 7.30. The van der Waals surface area contributed by atoms with Crippen LogP contribution in [0.5, 0.6) is 0 Å². The minimum Gasteiger partial charge on any atom is -0.394 e. The molecule has 11 nitrogen and oxygen atoms in total. The highest BCUT2D eigenvalue weighted by molar-refractivity contribution is 9.10. The first kappa shape index (κ1) is 19.7. The van der Waals surface area contributed by atoms with E-state index in [9.17, 15) is 15.3 Å². The third-order valence-corrected chi connectivity index (χ3v) is 5.05. The molecule has 0 aliphatic carbocycles. The number of ether oxygens (including phenoxy) is 1. The van der Waals surface area contributed by atoms with Crippen molar-refractivity contribution in [3.05, 3.63) is 40.6 Å². The summed E-state index contributed by atoms with van der Waals surface area (Å²) in [4.78, 5) is 12.4. The lowest BCUT2D eigenvalue weighted by Crippen LogP contribution is -2.33. The Morgan fingerprint density at radius 3 is 2.69 bits per heavy atom. The predicted octanol–water partition coefficient (Wildman–Crippen LogP) is 0.228. The molecule has 12 heteroatoms. The van der Waals surface area contributed by atoms with Gasteiger partial charge in [0.25, 0.3) is 0 Å². The van der Waals surface area contributed by atoms with Crippen LogP contribution in [0.3, 0.4) is 0 Å². The summed E-state index contributed by atoms with van der Waals surface area (Å²) in [6, 6.07) is 7.50. The molecule has 2 aromatic heterocycles. The van der Waals surface area contributed by atoms with Gasteiger partial charge in [0.1, 0.15) is 24.6 Å². The number of aromatic nitrogens is 4. The van der Waals surface area contributed by atoms with E-state index in [-0.39, 0.29) is 22.9 Å². The second kappa shape index (κ2) is 8.00. The number of hydrazone groups is 1. The summed E-state index contributed by atoms with van der Waals surface area (Å²) < 4.78 is 7.99. The molecular formula is C17H18BrN7O4. The maximum atomic E-state index is 10.4. The van der Waals surface area contributed by atoms with Crippen LogP contribution in [0.4, 0.5) is 11.8 Å². The minimum atomic E-state index is -1.32. The van der Waals surface area contributed by atoms with Crippen LogP contribution in [0.15, 0.2) is 40.2 Å². The summed E-state index contributed by atoms with van der Waals surface area (Å²) in [5.74, 6) is 0.316. The Hall–Kier alpha value is -2.64. The maximum Gasteiger partial charge on any atom is 0.228 e. The van der Waals surface area contributed by atoms with Gasteiger partial charge in [0.2, 0.25) is 5.95 Å².